The number of aryl methyl sites for hydroxylation is 1. The molecule has 0 saturated carbocycles. The third-order valence-corrected chi connectivity index (χ3v) is 2.95. The van der Waals surface area contributed by atoms with Crippen molar-refractivity contribution in [3.05, 3.63) is 34.5 Å². The molecule has 0 unspecified atom stereocenters. The molecule has 0 atom stereocenters. The molecule has 1 heterocycles. The third-order valence-electron chi connectivity index (χ3n) is 1.88. The number of carbonyl (C=O) groups is 1. The quantitative estimate of drug-likeness (QED) is 0.385. The van der Waals surface area contributed by atoms with Crippen molar-refractivity contribution < 1.29 is 4.79 Å². The molecular formula is C11H14OS. The molecule has 0 radical (unpaired) electrons. The first kappa shape index (κ1) is 10.2. The van der Waals surface area contributed by atoms with Crippen LogP contribution in [0.25, 0.3) is 0 Å². The van der Waals surface area contributed by atoms with Gasteiger partial charge in [0.2, 0.25) is 0 Å². The molecule has 0 aliphatic heterocycles. The highest BCUT2D eigenvalue weighted by Crippen LogP contribution is 2.17. The standard InChI is InChI=1S/C11H14OS/c1-2-3-4-5-6-10-7-8-11(9-12)13-10/h2,7-9H,1,3-6H2. The van der Waals surface area contributed by atoms with Crippen molar-refractivity contribution in [3.63, 3.8) is 0 Å². The Morgan fingerprint density at radius 3 is 2.85 bits per heavy atom. The summed E-state index contributed by atoms with van der Waals surface area (Å²) in [5.41, 5.74) is 0. The summed E-state index contributed by atoms with van der Waals surface area (Å²) in [5.74, 6) is 0. The van der Waals surface area contributed by atoms with E-state index in [1.165, 1.54) is 17.7 Å². The van der Waals surface area contributed by atoms with E-state index in [9.17, 15) is 4.79 Å². The Bertz CT molecular complexity index is 275. The second-order valence-electron chi connectivity index (χ2n) is 2.96. The van der Waals surface area contributed by atoms with Crippen molar-refractivity contribution in [1.29, 1.82) is 0 Å². The Kier molecular flexibility index (Phi) is 4.47. The largest absolute Gasteiger partial charge is 0.297 e. The predicted molar refractivity (Wildman–Crippen MR) is 57.5 cm³/mol. The van der Waals surface area contributed by atoms with E-state index in [0.717, 1.165) is 24.0 Å². The van der Waals surface area contributed by atoms with Crippen LogP contribution in [-0.4, -0.2) is 6.29 Å². The van der Waals surface area contributed by atoms with Gasteiger partial charge in [-0.1, -0.05) is 6.08 Å². The second-order valence-corrected chi connectivity index (χ2v) is 4.16. The van der Waals surface area contributed by atoms with E-state index in [2.05, 4.69) is 6.58 Å². The summed E-state index contributed by atoms with van der Waals surface area (Å²) in [7, 11) is 0. The van der Waals surface area contributed by atoms with Crippen LogP contribution in [-0.2, 0) is 6.42 Å². The van der Waals surface area contributed by atoms with Gasteiger partial charge in [0, 0.05) is 4.88 Å². The highest BCUT2D eigenvalue weighted by Gasteiger charge is 1.97. The van der Waals surface area contributed by atoms with Gasteiger partial charge >= 0.3 is 0 Å². The maximum atomic E-state index is 10.4. The lowest BCUT2D eigenvalue weighted by Crippen LogP contribution is -1.79. The second kappa shape index (κ2) is 5.70. The van der Waals surface area contributed by atoms with Gasteiger partial charge in [0.25, 0.3) is 0 Å². The van der Waals surface area contributed by atoms with Gasteiger partial charge in [-0.25, -0.2) is 0 Å². The van der Waals surface area contributed by atoms with Crippen molar-refractivity contribution in [2.45, 2.75) is 25.7 Å². The SMILES string of the molecule is C=CCCCCc1ccc(C=O)s1. The van der Waals surface area contributed by atoms with Gasteiger partial charge in [-0.05, 0) is 37.8 Å². The van der Waals surface area contributed by atoms with Crippen LogP contribution < -0.4 is 0 Å². The van der Waals surface area contributed by atoms with E-state index >= 15 is 0 Å². The van der Waals surface area contributed by atoms with Gasteiger partial charge in [-0.2, -0.15) is 0 Å². The summed E-state index contributed by atoms with van der Waals surface area (Å²) in [6.07, 6.45) is 7.42. The molecule has 0 saturated heterocycles. The fraction of sp³-hybridized carbons (Fsp3) is 0.364. The van der Waals surface area contributed by atoms with E-state index < -0.39 is 0 Å². The highest BCUT2D eigenvalue weighted by molar-refractivity contribution is 7.13. The van der Waals surface area contributed by atoms with E-state index in [-0.39, 0.29) is 0 Å². The van der Waals surface area contributed by atoms with Crippen molar-refractivity contribution in [2.75, 3.05) is 0 Å². The highest BCUT2D eigenvalue weighted by atomic mass is 32.1. The minimum absolute atomic E-state index is 0.832. The Morgan fingerprint density at radius 2 is 2.23 bits per heavy atom. The average molecular weight is 194 g/mol. The third kappa shape index (κ3) is 3.55. The lowest BCUT2D eigenvalue weighted by atomic mass is 10.2. The first-order valence-corrected chi connectivity index (χ1v) is 5.33. The number of hydrogen-bond donors (Lipinski definition) is 0. The molecule has 0 aliphatic rings. The van der Waals surface area contributed by atoms with Crippen LogP contribution in [0.5, 0.6) is 0 Å². The molecule has 0 amide bonds. The molecule has 0 aromatic carbocycles. The number of rotatable bonds is 6. The zero-order valence-electron chi connectivity index (χ0n) is 7.66. The van der Waals surface area contributed by atoms with Crippen LogP contribution in [0.4, 0.5) is 0 Å². The number of carbonyl (C=O) groups excluding carboxylic acids is 1. The molecule has 0 bridgehead atoms. The Morgan fingerprint density at radius 1 is 1.38 bits per heavy atom. The van der Waals surface area contributed by atoms with Crippen LogP contribution in [0.15, 0.2) is 24.8 Å². The zero-order chi connectivity index (χ0) is 9.52. The molecule has 2 heteroatoms. The van der Waals surface area contributed by atoms with E-state index in [1.54, 1.807) is 11.3 Å². The first-order valence-electron chi connectivity index (χ1n) is 4.51. The minimum atomic E-state index is 0.832. The molecule has 13 heavy (non-hydrogen) atoms. The Labute approximate surface area is 83.1 Å². The molecule has 0 N–H and O–H groups in total. The number of hydrogen-bond acceptors (Lipinski definition) is 2. The maximum absolute atomic E-state index is 10.4. The topological polar surface area (TPSA) is 17.1 Å². The minimum Gasteiger partial charge on any atom is -0.297 e. The molecule has 1 aromatic heterocycles. The van der Waals surface area contributed by atoms with Crippen molar-refractivity contribution in [3.8, 4) is 0 Å². The number of unbranched alkanes of at least 4 members (excludes halogenated alkanes) is 2. The first-order chi connectivity index (χ1) is 6.36. The van der Waals surface area contributed by atoms with Gasteiger partial charge in [-0.3, -0.25) is 4.79 Å². The Balaban J connectivity index is 2.28. The molecule has 1 nitrogen and oxygen atoms in total. The van der Waals surface area contributed by atoms with Gasteiger partial charge in [0.05, 0.1) is 4.88 Å². The van der Waals surface area contributed by atoms with E-state index in [1.807, 2.05) is 18.2 Å². The van der Waals surface area contributed by atoms with E-state index in [0.29, 0.717) is 0 Å². The summed E-state index contributed by atoms with van der Waals surface area (Å²) in [6.45, 7) is 3.68. The van der Waals surface area contributed by atoms with Gasteiger partial charge in [0.15, 0.2) is 6.29 Å². The van der Waals surface area contributed by atoms with Crippen LogP contribution >= 0.6 is 11.3 Å². The average Bonchev–Trinajstić information content (AvgIpc) is 2.60. The fourth-order valence-electron chi connectivity index (χ4n) is 1.18. The number of aldehydes is 1. The van der Waals surface area contributed by atoms with Gasteiger partial charge in [-0.15, -0.1) is 17.9 Å². The maximum Gasteiger partial charge on any atom is 0.160 e. The van der Waals surface area contributed by atoms with Crippen molar-refractivity contribution >= 4 is 17.6 Å². The summed E-state index contributed by atoms with van der Waals surface area (Å²) < 4.78 is 0. The van der Waals surface area contributed by atoms with Crippen LogP contribution in [0.2, 0.25) is 0 Å². The smallest absolute Gasteiger partial charge is 0.160 e. The fourth-order valence-corrected chi connectivity index (χ4v) is 2.05. The van der Waals surface area contributed by atoms with Crippen molar-refractivity contribution in [2.24, 2.45) is 0 Å². The van der Waals surface area contributed by atoms with E-state index in [4.69, 9.17) is 0 Å². The molecule has 0 fully saturated rings. The van der Waals surface area contributed by atoms with Crippen LogP contribution in [0.3, 0.4) is 0 Å². The van der Waals surface area contributed by atoms with Crippen LogP contribution in [0.1, 0.15) is 33.8 Å². The molecule has 1 aromatic rings. The predicted octanol–water partition coefficient (Wildman–Crippen LogP) is 3.46. The molecular weight excluding hydrogens is 180 g/mol. The lowest BCUT2D eigenvalue weighted by molar-refractivity contribution is 0.112. The summed E-state index contributed by atoms with van der Waals surface area (Å²) in [4.78, 5) is 12.5. The zero-order valence-corrected chi connectivity index (χ0v) is 8.48. The Hall–Kier alpha value is -0.890. The molecule has 1 rings (SSSR count). The summed E-state index contributed by atoms with van der Waals surface area (Å²) in [6, 6.07) is 3.93. The van der Waals surface area contributed by atoms with Gasteiger partial charge in [0.1, 0.15) is 0 Å². The van der Waals surface area contributed by atoms with Crippen molar-refractivity contribution in [1.82, 2.24) is 0 Å². The normalized spacial score (nSPS) is 9.85. The molecule has 70 valence electrons. The summed E-state index contributed by atoms with van der Waals surface area (Å²) in [5, 5.41) is 0. The van der Waals surface area contributed by atoms with Gasteiger partial charge < -0.3 is 0 Å². The number of thiophene rings is 1. The monoisotopic (exact) mass is 194 g/mol. The number of allylic oxidation sites excluding steroid dienone is 1. The lowest BCUT2D eigenvalue weighted by Gasteiger charge is -1.94. The van der Waals surface area contributed by atoms with Crippen LogP contribution in [0, 0.1) is 0 Å². The summed E-state index contributed by atoms with van der Waals surface area (Å²) >= 11 is 1.60. The molecule has 0 spiro atoms. The molecule has 0 aliphatic carbocycles.